The molecule has 0 N–H and O–H groups in total. The monoisotopic (exact) mass is 395 g/mol. The fourth-order valence-electron chi connectivity index (χ4n) is 3.05. The van der Waals surface area contributed by atoms with E-state index in [0.29, 0.717) is 17.9 Å². The number of carbonyl (C=O) groups is 1. The number of hydrogen-bond donors (Lipinski definition) is 0. The second kappa shape index (κ2) is 9.06. The summed E-state index contributed by atoms with van der Waals surface area (Å²) in [5, 5.41) is 9.72. The predicted octanol–water partition coefficient (Wildman–Crippen LogP) is 5.17. The summed E-state index contributed by atoms with van der Waals surface area (Å²) in [6, 6.07) is 13.8. The molecular formula is C22H25N3O2S. The van der Waals surface area contributed by atoms with E-state index < -0.39 is 0 Å². The zero-order valence-corrected chi connectivity index (χ0v) is 17.5. The maximum Gasteiger partial charge on any atom is 0.191 e. The Hall–Kier alpha value is -2.60. The molecule has 0 radical (unpaired) electrons. The van der Waals surface area contributed by atoms with Crippen LogP contribution in [0.4, 0.5) is 0 Å². The number of thioether (sulfide) groups is 1. The zero-order chi connectivity index (χ0) is 20.1. The highest BCUT2D eigenvalue weighted by Gasteiger charge is 2.16. The molecule has 3 aromatic rings. The van der Waals surface area contributed by atoms with E-state index in [1.807, 2.05) is 37.3 Å². The molecule has 0 spiro atoms. The van der Waals surface area contributed by atoms with Gasteiger partial charge in [0.1, 0.15) is 5.75 Å². The number of benzene rings is 2. The third-order valence-electron chi connectivity index (χ3n) is 4.54. The Bertz CT molecular complexity index is 982. The van der Waals surface area contributed by atoms with Crippen LogP contribution in [0.15, 0.2) is 47.6 Å². The molecule has 1 heterocycles. The molecule has 0 aliphatic carbocycles. The molecule has 3 rings (SSSR count). The third-order valence-corrected chi connectivity index (χ3v) is 5.56. The van der Waals surface area contributed by atoms with Gasteiger partial charge in [0.25, 0.3) is 0 Å². The van der Waals surface area contributed by atoms with Crippen LogP contribution >= 0.6 is 11.8 Å². The van der Waals surface area contributed by atoms with Gasteiger partial charge in [-0.3, -0.25) is 4.79 Å². The molecule has 0 bridgehead atoms. The van der Waals surface area contributed by atoms with Crippen molar-refractivity contribution in [3.05, 3.63) is 59.2 Å². The second-order valence-corrected chi connectivity index (χ2v) is 7.41. The molecule has 1 aromatic heterocycles. The molecule has 146 valence electrons. The van der Waals surface area contributed by atoms with Crippen LogP contribution in [0, 0.1) is 6.92 Å². The zero-order valence-electron chi connectivity index (χ0n) is 16.7. The molecule has 28 heavy (non-hydrogen) atoms. The number of rotatable bonds is 8. The highest BCUT2D eigenvalue weighted by Crippen LogP contribution is 2.31. The summed E-state index contributed by atoms with van der Waals surface area (Å²) in [4.78, 5) is 11.8. The quantitative estimate of drug-likeness (QED) is 0.389. The smallest absolute Gasteiger partial charge is 0.191 e. The Labute approximate surface area is 170 Å². The van der Waals surface area contributed by atoms with Gasteiger partial charge < -0.3 is 9.30 Å². The summed E-state index contributed by atoms with van der Waals surface area (Å²) in [6.45, 7) is 9.08. The topological polar surface area (TPSA) is 57.0 Å². The van der Waals surface area contributed by atoms with Gasteiger partial charge >= 0.3 is 0 Å². The third kappa shape index (κ3) is 4.28. The summed E-state index contributed by atoms with van der Waals surface area (Å²) < 4.78 is 7.87. The fraction of sp³-hybridized carbons (Fsp3) is 0.318. The largest absolute Gasteiger partial charge is 0.494 e. The van der Waals surface area contributed by atoms with Crippen molar-refractivity contribution in [3.63, 3.8) is 0 Å². The van der Waals surface area contributed by atoms with E-state index in [1.54, 1.807) is 18.7 Å². The summed E-state index contributed by atoms with van der Waals surface area (Å²) >= 11 is 1.60. The molecule has 0 atom stereocenters. The van der Waals surface area contributed by atoms with Gasteiger partial charge in [0.05, 0.1) is 6.61 Å². The SMILES string of the molecule is CCOc1ccc(C(C)=O)cc1CSc1nnc(-c2ccccc2C)n1CC. The number of Topliss-reactive ketones (excluding diaryl/α,β-unsaturated/α-hetero) is 1. The molecule has 6 heteroatoms. The average molecular weight is 396 g/mol. The van der Waals surface area contributed by atoms with Gasteiger partial charge in [0.2, 0.25) is 0 Å². The van der Waals surface area contributed by atoms with E-state index in [2.05, 4.69) is 40.7 Å². The van der Waals surface area contributed by atoms with Crippen LogP contribution in [0.2, 0.25) is 0 Å². The van der Waals surface area contributed by atoms with Crippen molar-refractivity contribution in [3.8, 4) is 17.1 Å². The maximum atomic E-state index is 11.8. The van der Waals surface area contributed by atoms with Gasteiger partial charge in [0.15, 0.2) is 16.8 Å². The molecular weight excluding hydrogens is 370 g/mol. The van der Waals surface area contributed by atoms with E-state index in [1.165, 1.54) is 5.56 Å². The van der Waals surface area contributed by atoms with Crippen molar-refractivity contribution in [2.75, 3.05) is 6.61 Å². The molecule has 0 aliphatic heterocycles. The lowest BCUT2D eigenvalue weighted by Gasteiger charge is -2.12. The highest BCUT2D eigenvalue weighted by atomic mass is 32.2. The normalized spacial score (nSPS) is 10.9. The Morgan fingerprint density at radius 1 is 1.14 bits per heavy atom. The van der Waals surface area contributed by atoms with Crippen LogP contribution in [-0.2, 0) is 12.3 Å². The van der Waals surface area contributed by atoms with Crippen molar-refractivity contribution in [2.45, 2.75) is 45.1 Å². The first-order chi connectivity index (χ1) is 13.5. The van der Waals surface area contributed by atoms with Gasteiger partial charge in [-0.15, -0.1) is 10.2 Å². The minimum Gasteiger partial charge on any atom is -0.494 e. The molecule has 0 saturated carbocycles. The highest BCUT2D eigenvalue weighted by molar-refractivity contribution is 7.98. The van der Waals surface area contributed by atoms with Crippen LogP contribution in [0.3, 0.4) is 0 Å². The van der Waals surface area contributed by atoms with Crippen molar-refractivity contribution in [2.24, 2.45) is 0 Å². The van der Waals surface area contributed by atoms with Crippen LogP contribution < -0.4 is 4.74 Å². The lowest BCUT2D eigenvalue weighted by molar-refractivity contribution is 0.101. The summed E-state index contributed by atoms with van der Waals surface area (Å²) in [6.07, 6.45) is 0. The van der Waals surface area contributed by atoms with Crippen LogP contribution in [0.5, 0.6) is 5.75 Å². The fourth-order valence-corrected chi connectivity index (χ4v) is 4.03. The lowest BCUT2D eigenvalue weighted by Crippen LogP contribution is -2.02. The Kier molecular flexibility index (Phi) is 6.52. The van der Waals surface area contributed by atoms with Crippen LogP contribution in [0.1, 0.15) is 42.3 Å². The van der Waals surface area contributed by atoms with Crippen molar-refractivity contribution in [1.82, 2.24) is 14.8 Å². The number of nitrogens with zero attached hydrogens (tertiary/aromatic N) is 3. The minimum atomic E-state index is 0.0489. The molecule has 0 aliphatic rings. The standard InChI is InChI=1S/C22H25N3O2S/c1-5-25-21(19-10-8-7-9-15(19)3)23-24-22(25)28-14-18-13-17(16(4)26)11-12-20(18)27-6-2/h7-13H,5-6,14H2,1-4H3. The van der Waals surface area contributed by atoms with Crippen molar-refractivity contribution >= 4 is 17.5 Å². The van der Waals surface area contributed by atoms with Gasteiger partial charge in [-0.2, -0.15) is 0 Å². The maximum absolute atomic E-state index is 11.8. The van der Waals surface area contributed by atoms with Crippen LogP contribution in [-0.4, -0.2) is 27.2 Å². The van der Waals surface area contributed by atoms with Gasteiger partial charge in [-0.05, 0) is 51.5 Å². The number of hydrogen-bond acceptors (Lipinski definition) is 5. The molecule has 5 nitrogen and oxygen atoms in total. The van der Waals surface area contributed by atoms with E-state index in [0.717, 1.165) is 34.4 Å². The summed E-state index contributed by atoms with van der Waals surface area (Å²) in [7, 11) is 0. The first-order valence-corrected chi connectivity index (χ1v) is 10.4. The first kappa shape index (κ1) is 20.1. The Morgan fingerprint density at radius 2 is 1.93 bits per heavy atom. The summed E-state index contributed by atoms with van der Waals surface area (Å²) in [5.74, 6) is 2.39. The second-order valence-electron chi connectivity index (χ2n) is 6.47. The number of ketones is 1. The number of ether oxygens (including phenoxy) is 1. The number of aryl methyl sites for hydroxylation is 1. The number of carbonyl (C=O) groups excluding carboxylic acids is 1. The molecule has 0 saturated heterocycles. The molecule has 2 aromatic carbocycles. The average Bonchev–Trinajstić information content (AvgIpc) is 3.10. The van der Waals surface area contributed by atoms with Crippen LogP contribution in [0.25, 0.3) is 11.4 Å². The van der Waals surface area contributed by atoms with Crippen molar-refractivity contribution in [1.29, 1.82) is 0 Å². The lowest BCUT2D eigenvalue weighted by atomic mass is 10.1. The van der Waals surface area contributed by atoms with Crippen molar-refractivity contribution < 1.29 is 9.53 Å². The van der Waals surface area contributed by atoms with Gasteiger partial charge in [-0.25, -0.2) is 0 Å². The van der Waals surface area contributed by atoms with E-state index in [-0.39, 0.29) is 5.78 Å². The Morgan fingerprint density at radius 3 is 2.61 bits per heavy atom. The van der Waals surface area contributed by atoms with E-state index in [9.17, 15) is 4.79 Å². The van der Waals surface area contributed by atoms with E-state index >= 15 is 0 Å². The van der Waals surface area contributed by atoms with E-state index in [4.69, 9.17) is 4.74 Å². The Balaban J connectivity index is 1.88. The predicted molar refractivity (Wildman–Crippen MR) is 113 cm³/mol. The first-order valence-electron chi connectivity index (χ1n) is 9.43. The minimum absolute atomic E-state index is 0.0489. The molecule has 0 unspecified atom stereocenters. The number of aromatic nitrogens is 3. The van der Waals surface area contributed by atoms with Gasteiger partial charge in [-0.1, -0.05) is 36.0 Å². The molecule has 0 fully saturated rings. The summed E-state index contributed by atoms with van der Waals surface area (Å²) in [5.41, 5.74) is 3.95. The molecule has 0 amide bonds. The van der Waals surface area contributed by atoms with Gasteiger partial charge in [0, 0.05) is 29.0 Å².